The number of hydrogen-bond acceptors (Lipinski definition) is 4. The molecule has 0 fully saturated rings. The summed E-state index contributed by atoms with van der Waals surface area (Å²) >= 11 is 5.04. The second kappa shape index (κ2) is 9.89. The first-order chi connectivity index (χ1) is 12.1. The largest absolute Gasteiger partial charge is 0.484 e. The van der Waals surface area contributed by atoms with Gasteiger partial charge in [-0.2, -0.15) is 0 Å². The molecule has 0 heterocycles. The Bertz CT molecular complexity index is 710. The predicted octanol–water partition coefficient (Wildman–Crippen LogP) is 1.20. The van der Waals surface area contributed by atoms with E-state index in [1.807, 2.05) is 36.4 Å². The van der Waals surface area contributed by atoms with Gasteiger partial charge in [0.2, 0.25) is 0 Å². The second-order valence-electron chi connectivity index (χ2n) is 4.87. The third-order valence-corrected chi connectivity index (χ3v) is 3.11. The number of hydrogen-bond donors (Lipinski definition) is 4. The van der Waals surface area contributed by atoms with Crippen molar-refractivity contribution in [2.75, 3.05) is 18.5 Å². The van der Waals surface area contributed by atoms with E-state index in [9.17, 15) is 9.59 Å². The predicted molar refractivity (Wildman–Crippen MR) is 98.9 cm³/mol. The molecule has 0 spiro atoms. The van der Waals surface area contributed by atoms with Crippen molar-refractivity contribution >= 4 is 34.8 Å². The molecule has 0 radical (unpaired) electrons. The van der Waals surface area contributed by atoms with Gasteiger partial charge < -0.3 is 15.4 Å². The van der Waals surface area contributed by atoms with Crippen LogP contribution in [-0.4, -0.2) is 30.1 Å². The molecule has 25 heavy (non-hydrogen) atoms. The number of nitrogens with one attached hydrogen (secondary N) is 4. The molecule has 130 valence electrons. The smallest absolute Gasteiger partial charge is 0.258 e. The van der Waals surface area contributed by atoms with Gasteiger partial charge in [-0.05, 0) is 36.5 Å². The summed E-state index contributed by atoms with van der Waals surface area (Å²) in [5.74, 6) is -0.254. The molecule has 7 nitrogen and oxygen atoms in total. The molecule has 8 heteroatoms. The number of thiocarbonyl (C=S) groups is 1. The van der Waals surface area contributed by atoms with Crippen molar-refractivity contribution in [1.82, 2.24) is 16.2 Å². The van der Waals surface area contributed by atoms with Crippen molar-refractivity contribution in [2.24, 2.45) is 0 Å². The molecule has 2 aromatic carbocycles. The SMILES string of the molecule is O=C(COc1ccccc1)NCC(=O)NNC(=S)Nc1ccccc1. The standard InChI is InChI=1S/C17H18N4O3S/c22-15(20-21-17(25)19-13-7-3-1-4-8-13)11-18-16(23)12-24-14-9-5-2-6-10-14/h1-10H,11-12H2,(H,18,23)(H,20,22)(H2,19,21,25). The molecule has 0 saturated heterocycles. The van der Waals surface area contributed by atoms with Crippen LogP contribution in [0.4, 0.5) is 5.69 Å². The summed E-state index contributed by atoms with van der Waals surface area (Å²) in [4.78, 5) is 23.3. The highest BCUT2D eigenvalue weighted by Crippen LogP contribution is 2.07. The van der Waals surface area contributed by atoms with E-state index in [1.54, 1.807) is 24.3 Å². The quantitative estimate of drug-likeness (QED) is 0.458. The van der Waals surface area contributed by atoms with Crippen LogP contribution < -0.4 is 26.2 Å². The highest BCUT2D eigenvalue weighted by Gasteiger charge is 2.06. The first-order valence-electron chi connectivity index (χ1n) is 7.49. The molecule has 0 aliphatic heterocycles. The number of ether oxygens (including phenoxy) is 1. The van der Waals surface area contributed by atoms with E-state index in [2.05, 4.69) is 21.5 Å². The zero-order valence-corrected chi connectivity index (χ0v) is 14.1. The maximum Gasteiger partial charge on any atom is 0.258 e. The maximum absolute atomic E-state index is 11.7. The summed E-state index contributed by atoms with van der Waals surface area (Å²) in [5, 5.41) is 5.58. The van der Waals surface area contributed by atoms with E-state index in [4.69, 9.17) is 17.0 Å². The summed E-state index contributed by atoms with van der Waals surface area (Å²) in [7, 11) is 0. The third kappa shape index (κ3) is 7.32. The van der Waals surface area contributed by atoms with Gasteiger partial charge in [-0.25, -0.2) is 0 Å². The number of carbonyl (C=O) groups excluding carboxylic acids is 2. The fourth-order valence-electron chi connectivity index (χ4n) is 1.75. The number of hydrazine groups is 1. The Labute approximate surface area is 150 Å². The lowest BCUT2D eigenvalue weighted by Gasteiger charge is -2.12. The first-order valence-corrected chi connectivity index (χ1v) is 7.90. The molecule has 2 aromatic rings. The minimum absolute atomic E-state index is 0.168. The van der Waals surface area contributed by atoms with Crippen molar-refractivity contribution < 1.29 is 14.3 Å². The second-order valence-corrected chi connectivity index (χ2v) is 5.28. The van der Waals surface area contributed by atoms with Crippen LogP contribution in [0.2, 0.25) is 0 Å². The maximum atomic E-state index is 11.7. The van der Waals surface area contributed by atoms with Gasteiger partial charge in [0.05, 0.1) is 6.54 Å². The summed E-state index contributed by atoms with van der Waals surface area (Å²) in [6.07, 6.45) is 0. The zero-order chi connectivity index (χ0) is 17.9. The monoisotopic (exact) mass is 358 g/mol. The minimum Gasteiger partial charge on any atom is -0.484 e. The van der Waals surface area contributed by atoms with Crippen LogP contribution in [0.15, 0.2) is 60.7 Å². The van der Waals surface area contributed by atoms with Gasteiger partial charge in [0, 0.05) is 5.69 Å². The van der Waals surface area contributed by atoms with E-state index in [0.717, 1.165) is 5.69 Å². The van der Waals surface area contributed by atoms with Gasteiger partial charge in [-0.1, -0.05) is 36.4 Å². The molecule has 0 bridgehead atoms. The molecule has 4 N–H and O–H groups in total. The Morgan fingerprint density at radius 2 is 1.52 bits per heavy atom. The molecule has 2 rings (SSSR count). The highest BCUT2D eigenvalue weighted by molar-refractivity contribution is 7.80. The van der Waals surface area contributed by atoms with Crippen LogP contribution in [0.3, 0.4) is 0 Å². The molecule has 0 atom stereocenters. The summed E-state index contributed by atoms with van der Waals surface area (Å²) in [5.41, 5.74) is 5.73. The average Bonchev–Trinajstić information content (AvgIpc) is 2.64. The molecule has 0 unspecified atom stereocenters. The normalized spacial score (nSPS) is 9.60. The zero-order valence-electron chi connectivity index (χ0n) is 13.3. The van der Waals surface area contributed by atoms with Gasteiger partial charge in [0.15, 0.2) is 11.7 Å². The molecule has 0 saturated carbocycles. The lowest BCUT2D eigenvalue weighted by molar-refractivity contribution is -0.127. The lowest BCUT2D eigenvalue weighted by atomic mass is 10.3. The Morgan fingerprint density at radius 1 is 0.880 bits per heavy atom. The van der Waals surface area contributed by atoms with Crippen molar-refractivity contribution in [3.63, 3.8) is 0 Å². The average molecular weight is 358 g/mol. The number of rotatable bonds is 6. The fraction of sp³-hybridized carbons (Fsp3) is 0.118. The van der Waals surface area contributed by atoms with Gasteiger partial charge in [-0.3, -0.25) is 20.4 Å². The van der Waals surface area contributed by atoms with Crippen molar-refractivity contribution in [3.05, 3.63) is 60.7 Å². The molecule has 0 aromatic heterocycles. The van der Waals surface area contributed by atoms with Gasteiger partial charge in [0.1, 0.15) is 5.75 Å². The van der Waals surface area contributed by atoms with Gasteiger partial charge >= 0.3 is 0 Å². The summed E-state index contributed by atoms with van der Waals surface area (Å²) < 4.78 is 5.27. The van der Waals surface area contributed by atoms with E-state index in [-0.39, 0.29) is 18.3 Å². The van der Waals surface area contributed by atoms with Crippen LogP contribution in [0.1, 0.15) is 0 Å². The van der Waals surface area contributed by atoms with Crippen molar-refractivity contribution in [1.29, 1.82) is 0 Å². The van der Waals surface area contributed by atoms with Crippen molar-refractivity contribution in [2.45, 2.75) is 0 Å². The van der Waals surface area contributed by atoms with Crippen LogP contribution in [0, 0.1) is 0 Å². The highest BCUT2D eigenvalue weighted by atomic mass is 32.1. The summed E-state index contributed by atoms with van der Waals surface area (Å²) in [6.45, 7) is -0.364. The van der Waals surface area contributed by atoms with E-state index >= 15 is 0 Å². The van der Waals surface area contributed by atoms with Gasteiger partial charge in [0.25, 0.3) is 11.8 Å². The Kier molecular flexibility index (Phi) is 7.20. The Balaban J connectivity index is 1.60. The fourth-order valence-corrected chi connectivity index (χ4v) is 1.92. The number of anilines is 1. The third-order valence-electron chi connectivity index (χ3n) is 2.91. The lowest BCUT2D eigenvalue weighted by Crippen LogP contribution is -2.48. The minimum atomic E-state index is -0.440. The summed E-state index contributed by atoms with van der Waals surface area (Å²) in [6, 6.07) is 18.2. The number of carbonyl (C=O) groups is 2. The van der Waals surface area contributed by atoms with Crippen LogP contribution in [-0.2, 0) is 9.59 Å². The van der Waals surface area contributed by atoms with Gasteiger partial charge in [-0.15, -0.1) is 0 Å². The Morgan fingerprint density at radius 3 is 2.20 bits per heavy atom. The van der Waals surface area contributed by atoms with E-state index < -0.39 is 11.8 Å². The molecular weight excluding hydrogens is 340 g/mol. The van der Waals surface area contributed by atoms with Crippen LogP contribution in [0.5, 0.6) is 5.75 Å². The van der Waals surface area contributed by atoms with Crippen LogP contribution in [0.25, 0.3) is 0 Å². The molecule has 2 amide bonds. The van der Waals surface area contributed by atoms with Crippen LogP contribution >= 0.6 is 12.2 Å². The number of amides is 2. The molecular formula is C17H18N4O3S. The number of benzene rings is 2. The van der Waals surface area contributed by atoms with E-state index in [1.165, 1.54) is 0 Å². The van der Waals surface area contributed by atoms with E-state index in [0.29, 0.717) is 5.75 Å². The first kappa shape index (κ1) is 18.2. The number of para-hydroxylation sites is 2. The Hall–Kier alpha value is -3.13. The van der Waals surface area contributed by atoms with Crippen molar-refractivity contribution in [3.8, 4) is 5.75 Å². The molecule has 0 aliphatic rings. The molecule has 0 aliphatic carbocycles. The topological polar surface area (TPSA) is 91.5 Å².